The van der Waals surface area contributed by atoms with Crippen molar-refractivity contribution in [2.45, 2.75) is 31.6 Å². The smallest absolute Gasteiger partial charge is 0.339 e. The number of anilines is 1. The van der Waals surface area contributed by atoms with Crippen LogP contribution in [0, 0.1) is 0 Å². The largest absolute Gasteiger partial charge is 0.452 e. The molecule has 2 aromatic carbocycles. The zero-order valence-corrected chi connectivity index (χ0v) is 16.0. The zero-order valence-electron chi connectivity index (χ0n) is 15.2. The van der Waals surface area contributed by atoms with E-state index in [1.807, 2.05) is 24.3 Å². The van der Waals surface area contributed by atoms with E-state index in [0.717, 1.165) is 0 Å². The predicted molar refractivity (Wildman–Crippen MR) is 103 cm³/mol. The number of ether oxygens (including phenoxy) is 1. The first-order valence-electron chi connectivity index (χ1n) is 8.46. The average molecular weight is 373 g/mol. The lowest BCUT2D eigenvalue weighted by Gasteiger charge is -2.10. The van der Waals surface area contributed by atoms with Gasteiger partial charge in [0.2, 0.25) is 0 Å². The van der Waals surface area contributed by atoms with Crippen molar-refractivity contribution in [2.75, 3.05) is 17.7 Å². The van der Waals surface area contributed by atoms with Gasteiger partial charge < -0.3 is 10.1 Å². The third kappa shape index (κ3) is 5.26. The molecular weight excluding hydrogens is 350 g/mol. The van der Waals surface area contributed by atoms with Gasteiger partial charge in [0.1, 0.15) is 0 Å². The van der Waals surface area contributed by atoms with Gasteiger partial charge in [-0.1, -0.05) is 45.0 Å². The van der Waals surface area contributed by atoms with Crippen LogP contribution >= 0.6 is 0 Å². The van der Waals surface area contributed by atoms with E-state index in [-0.39, 0.29) is 5.56 Å². The second-order valence-electron chi connectivity index (χ2n) is 6.03. The summed E-state index contributed by atoms with van der Waals surface area (Å²) in [7, 11) is -1.28. The van der Waals surface area contributed by atoms with E-state index in [4.69, 9.17) is 4.74 Å². The van der Waals surface area contributed by atoms with Gasteiger partial charge in [-0.3, -0.25) is 9.00 Å². The molecule has 0 bridgehead atoms. The molecule has 0 aliphatic heterocycles. The van der Waals surface area contributed by atoms with Gasteiger partial charge in [-0.15, -0.1) is 0 Å². The van der Waals surface area contributed by atoms with E-state index in [1.165, 1.54) is 5.56 Å². The summed E-state index contributed by atoms with van der Waals surface area (Å²) in [6.07, 6.45) is 0. The van der Waals surface area contributed by atoms with Gasteiger partial charge >= 0.3 is 5.97 Å². The van der Waals surface area contributed by atoms with Crippen molar-refractivity contribution in [3.05, 3.63) is 59.7 Å². The van der Waals surface area contributed by atoms with Crippen molar-refractivity contribution in [2.24, 2.45) is 0 Å². The minimum atomic E-state index is -1.28. The van der Waals surface area contributed by atoms with Crippen molar-refractivity contribution in [3.8, 4) is 0 Å². The maximum atomic E-state index is 12.2. The Bertz CT molecular complexity index is 800. The summed E-state index contributed by atoms with van der Waals surface area (Å²) < 4.78 is 17.1. The van der Waals surface area contributed by atoms with Gasteiger partial charge in [0, 0.05) is 11.4 Å². The molecule has 1 atom stereocenters. The van der Waals surface area contributed by atoms with Gasteiger partial charge in [0.25, 0.3) is 5.91 Å². The van der Waals surface area contributed by atoms with Crippen molar-refractivity contribution in [1.82, 2.24) is 0 Å². The molecule has 0 fully saturated rings. The quantitative estimate of drug-likeness (QED) is 0.751. The Morgan fingerprint density at radius 3 is 2.35 bits per heavy atom. The standard InChI is InChI=1S/C20H23NO4S/c1-4-26(24)18-8-6-5-7-17(18)20(23)25-13-19(22)21-16-11-9-15(10-12-16)14(2)3/h5-12,14H,4,13H2,1-3H3,(H,21,22)/t26-/m0/s1. The molecule has 0 spiro atoms. The first-order valence-corrected chi connectivity index (χ1v) is 9.78. The molecule has 26 heavy (non-hydrogen) atoms. The highest BCUT2D eigenvalue weighted by molar-refractivity contribution is 7.85. The van der Waals surface area contributed by atoms with Gasteiger partial charge in [-0.25, -0.2) is 4.79 Å². The van der Waals surface area contributed by atoms with Gasteiger partial charge in [-0.05, 0) is 35.7 Å². The van der Waals surface area contributed by atoms with E-state index in [0.29, 0.717) is 22.3 Å². The van der Waals surface area contributed by atoms with Crippen LogP contribution in [0.4, 0.5) is 5.69 Å². The molecule has 1 N–H and O–H groups in total. The van der Waals surface area contributed by atoms with Crippen molar-refractivity contribution in [3.63, 3.8) is 0 Å². The number of rotatable bonds is 7. The van der Waals surface area contributed by atoms with Crippen molar-refractivity contribution < 1.29 is 18.5 Å². The highest BCUT2D eigenvalue weighted by Crippen LogP contribution is 2.17. The molecule has 0 aromatic heterocycles. The lowest BCUT2D eigenvalue weighted by atomic mass is 10.0. The van der Waals surface area contributed by atoms with Crippen LogP contribution in [0.1, 0.15) is 42.6 Å². The molecule has 6 heteroatoms. The van der Waals surface area contributed by atoms with Crippen molar-refractivity contribution in [1.29, 1.82) is 0 Å². The van der Waals surface area contributed by atoms with Crippen LogP contribution in [-0.4, -0.2) is 28.4 Å². The third-order valence-corrected chi connectivity index (χ3v) is 5.18. The van der Waals surface area contributed by atoms with E-state index in [9.17, 15) is 13.8 Å². The Morgan fingerprint density at radius 1 is 1.08 bits per heavy atom. The van der Waals surface area contributed by atoms with Crippen molar-refractivity contribution >= 4 is 28.4 Å². The van der Waals surface area contributed by atoms with Gasteiger partial charge in [-0.2, -0.15) is 0 Å². The Balaban J connectivity index is 1.95. The average Bonchev–Trinajstić information content (AvgIpc) is 2.65. The van der Waals surface area contributed by atoms with Crippen LogP contribution in [0.3, 0.4) is 0 Å². The normalized spacial score (nSPS) is 11.8. The Hall–Kier alpha value is -2.47. The summed E-state index contributed by atoms with van der Waals surface area (Å²) in [5.74, 6) is -0.274. The molecule has 0 unspecified atom stereocenters. The first-order chi connectivity index (χ1) is 12.4. The van der Waals surface area contributed by atoms with E-state index >= 15 is 0 Å². The van der Waals surface area contributed by atoms with E-state index < -0.39 is 29.3 Å². The molecule has 2 aromatic rings. The maximum absolute atomic E-state index is 12.2. The fraction of sp³-hybridized carbons (Fsp3) is 0.300. The highest BCUT2D eigenvalue weighted by atomic mass is 32.2. The van der Waals surface area contributed by atoms with Crippen LogP contribution in [-0.2, 0) is 20.3 Å². The summed E-state index contributed by atoms with van der Waals surface area (Å²) in [6, 6.07) is 14.1. The lowest BCUT2D eigenvalue weighted by Crippen LogP contribution is -2.21. The van der Waals surface area contributed by atoms with Gasteiger partial charge in [0.15, 0.2) is 6.61 Å². The molecule has 0 heterocycles. The van der Waals surface area contributed by atoms with Crippen LogP contribution in [0.25, 0.3) is 0 Å². The molecule has 0 saturated heterocycles. The predicted octanol–water partition coefficient (Wildman–Crippen LogP) is 3.73. The molecule has 1 amide bonds. The van der Waals surface area contributed by atoms with Crippen LogP contribution in [0.15, 0.2) is 53.4 Å². The molecular formula is C20H23NO4S. The Labute approximate surface area is 156 Å². The number of hydrogen-bond donors (Lipinski definition) is 1. The summed E-state index contributed by atoms with van der Waals surface area (Å²) >= 11 is 0. The number of carbonyl (C=O) groups is 2. The highest BCUT2D eigenvalue weighted by Gasteiger charge is 2.17. The third-order valence-electron chi connectivity index (χ3n) is 3.81. The number of nitrogens with one attached hydrogen (secondary N) is 1. The van der Waals surface area contributed by atoms with Crippen LogP contribution in [0.5, 0.6) is 0 Å². The molecule has 138 valence electrons. The fourth-order valence-electron chi connectivity index (χ4n) is 2.35. The Kier molecular flexibility index (Phi) is 7.09. The summed E-state index contributed by atoms with van der Waals surface area (Å²) in [6.45, 7) is 5.56. The molecule has 5 nitrogen and oxygen atoms in total. The minimum Gasteiger partial charge on any atom is -0.452 e. The van der Waals surface area contributed by atoms with Gasteiger partial charge in [0.05, 0.1) is 21.3 Å². The second-order valence-corrected chi connectivity index (χ2v) is 7.74. The number of carbonyl (C=O) groups excluding carboxylic acids is 2. The monoisotopic (exact) mass is 373 g/mol. The Morgan fingerprint density at radius 2 is 1.73 bits per heavy atom. The number of benzene rings is 2. The first kappa shape index (κ1) is 19.8. The summed E-state index contributed by atoms with van der Waals surface area (Å²) in [5.41, 5.74) is 2.04. The molecule has 0 aliphatic carbocycles. The molecule has 2 rings (SSSR count). The zero-order chi connectivity index (χ0) is 19.1. The number of esters is 1. The van der Waals surface area contributed by atoms with Crippen LogP contribution in [0.2, 0.25) is 0 Å². The van der Waals surface area contributed by atoms with E-state index in [1.54, 1.807) is 31.2 Å². The van der Waals surface area contributed by atoms with Crippen LogP contribution < -0.4 is 5.32 Å². The SMILES string of the molecule is CC[S@](=O)c1ccccc1C(=O)OCC(=O)Nc1ccc(C(C)C)cc1. The molecule has 0 aliphatic rings. The number of hydrogen-bond acceptors (Lipinski definition) is 4. The lowest BCUT2D eigenvalue weighted by molar-refractivity contribution is -0.119. The molecule has 0 radical (unpaired) electrons. The fourth-order valence-corrected chi connectivity index (χ4v) is 3.28. The summed E-state index contributed by atoms with van der Waals surface area (Å²) in [5, 5.41) is 2.69. The topological polar surface area (TPSA) is 72.5 Å². The second kappa shape index (κ2) is 9.29. The van der Waals surface area contributed by atoms with E-state index in [2.05, 4.69) is 19.2 Å². The molecule has 0 saturated carbocycles. The minimum absolute atomic E-state index is 0.224. The maximum Gasteiger partial charge on any atom is 0.339 e. The number of amides is 1. The summed E-state index contributed by atoms with van der Waals surface area (Å²) in [4.78, 5) is 24.6.